The Morgan fingerprint density at radius 3 is 3.06 bits per heavy atom. The third kappa shape index (κ3) is 2.60. The topological polar surface area (TPSA) is 84.1 Å². The molecule has 0 aliphatic heterocycles. The van der Waals surface area contributed by atoms with Crippen molar-refractivity contribution in [2.45, 2.75) is 6.92 Å². The predicted octanol–water partition coefficient (Wildman–Crippen LogP) is 2.14. The van der Waals surface area contributed by atoms with E-state index in [-0.39, 0.29) is 18.1 Å². The first-order chi connectivity index (χ1) is 8.60. The van der Waals surface area contributed by atoms with E-state index in [1.165, 1.54) is 0 Å². The number of nitrogens with one attached hydrogen (secondary N) is 2. The minimum atomic E-state index is -0.679. The Balaban J connectivity index is 2.42. The zero-order valence-electron chi connectivity index (χ0n) is 9.49. The molecule has 0 fully saturated rings. The van der Waals surface area contributed by atoms with Gasteiger partial charge in [0.05, 0.1) is 17.5 Å². The number of hydrogen-bond acceptors (Lipinski definition) is 4. The highest BCUT2D eigenvalue weighted by atomic mass is 35.5. The van der Waals surface area contributed by atoms with Crippen LogP contribution < -0.4 is 10.9 Å². The molecule has 7 heteroatoms. The Labute approximate surface area is 107 Å². The number of nitrogens with zero attached hydrogens (tertiary/aromatic N) is 1. The van der Waals surface area contributed by atoms with Gasteiger partial charge in [-0.3, -0.25) is 15.1 Å². The van der Waals surface area contributed by atoms with E-state index in [9.17, 15) is 9.59 Å². The van der Waals surface area contributed by atoms with Crippen LogP contribution >= 0.6 is 11.6 Å². The number of carbonyl (C=O) groups excluding carboxylic acids is 1. The summed E-state index contributed by atoms with van der Waals surface area (Å²) in [5.41, 5.74) is 0.0431. The number of rotatable bonds is 2. The zero-order chi connectivity index (χ0) is 13.1. The van der Waals surface area contributed by atoms with E-state index < -0.39 is 6.09 Å². The summed E-state index contributed by atoms with van der Waals surface area (Å²) >= 11 is 5.81. The van der Waals surface area contributed by atoms with Crippen LogP contribution in [0.1, 0.15) is 6.92 Å². The molecule has 0 aliphatic rings. The van der Waals surface area contributed by atoms with Gasteiger partial charge in [0.1, 0.15) is 0 Å². The number of aromatic nitrogens is 2. The van der Waals surface area contributed by atoms with Gasteiger partial charge >= 0.3 is 6.09 Å². The number of carbonyl (C=O) groups is 1. The van der Waals surface area contributed by atoms with Crippen LogP contribution in [-0.2, 0) is 4.74 Å². The quantitative estimate of drug-likeness (QED) is 0.873. The van der Waals surface area contributed by atoms with Crippen LogP contribution in [0.25, 0.3) is 10.9 Å². The molecule has 94 valence electrons. The van der Waals surface area contributed by atoms with Crippen LogP contribution in [0.15, 0.2) is 23.0 Å². The van der Waals surface area contributed by atoms with Crippen molar-refractivity contribution in [1.29, 1.82) is 0 Å². The molecule has 0 atom stereocenters. The molecule has 0 bridgehead atoms. The van der Waals surface area contributed by atoms with Crippen molar-refractivity contribution in [3.8, 4) is 0 Å². The number of hydrogen-bond donors (Lipinski definition) is 2. The Morgan fingerprint density at radius 2 is 2.33 bits per heavy atom. The van der Waals surface area contributed by atoms with Crippen LogP contribution in [-0.4, -0.2) is 22.7 Å². The lowest BCUT2D eigenvalue weighted by Crippen LogP contribution is -2.19. The average molecular weight is 268 g/mol. The van der Waals surface area contributed by atoms with Crippen LogP contribution in [0.3, 0.4) is 0 Å². The van der Waals surface area contributed by atoms with Crippen LogP contribution in [0, 0.1) is 0 Å². The summed E-state index contributed by atoms with van der Waals surface area (Å²) in [4.78, 5) is 29.4. The highest BCUT2D eigenvalue weighted by Crippen LogP contribution is 2.15. The molecule has 2 rings (SSSR count). The van der Waals surface area contributed by atoms with Crippen molar-refractivity contribution in [2.24, 2.45) is 0 Å². The second-order valence-electron chi connectivity index (χ2n) is 3.42. The molecule has 0 radical (unpaired) electrons. The SMILES string of the molecule is CCOC(=O)Nc1nc2cc(Cl)ccc2c(=O)[nH]1. The van der Waals surface area contributed by atoms with E-state index in [0.29, 0.717) is 15.9 Å². The molecule has 0 unspecified atom stereocenters. The molecule has 0 saturated carbocycles. The Hall–Kier alpha value is -2.08. The van der Waals surface area contributed by atoms with Crippen LogP contribution in [0.5, 0.6) is 0 Å². The van der Waals surface area contributed by atoms with Crippen molar-refractivity contribution < 1.29 is 9.53 Å². The first kappa shape index (κ1) is 12.4. The van der Waals surface area contributed by atoms with Gasteiger partial charge in [0.25, 0.3) is 5.56 Å². The normalized spacial score (nSPS) is 10.3. The minimum absolute atomic E-state index is 0.0215. The summed E-state index contributed by atoms with van der Waals surface area (Å²) in [5.74, 6) is 0.0215. The predicted molar refractivity (Wildman–Crippen MR) is 68.0 cm³/mol. The van der Waals surface area contributed by atoms with E-state index in [1.54, 1.807) is 25.1 Å². The van der Waals surface area contributed by atoms with Crippen molar-refractivity contribution in [3.63, 3.8) is 0 Å². The number of aromatic amines is 1. The van der Waals surface area contributed by atoms with Crippen molar-refractivity contribution >= 4 is 34.5 Å². The van der Waals surface area contributed by atoms with E-state index in [1.807, 2.05) is 0 Å². The molecule has 1 aromatic heterocycles. The molecular formula is C11H10ClN3O3. The number of fused-ring (bicyclic) bond motifs is 1. The number of anilines is 1. The van der Waals surface area contributed by atoms with Gasteiger partial charge in [-0.2, -0.15) is 0 Å². The lowest BCUT2D eigenvalue weighted by atomic mass is 10.2. The number of ether oxygens (including phenoxy) is 1. The van der Waals surface area contributed by atoms with E-state index in [2.05, 4.69) is 20.0 Å². The lowest BCUT2D eigenvalue weighted by Gasteiger charge is -2.05. The molecule has 2 aromatic rings. The molecule has 1 heterocycles. The lowest BCUT2D eigenvalue weighted by molar-refractivity contribution is 0.167. The Morgan fingerprint density at radius 1 is 1.56 bits per heavy atom. The zero-order valence-corrected chi connectivity index (χ0v) is 10.2. The summed E-state index contributed by atoms with van der Waals surface area (Å²) in [5, 5.41) is 3.18. The van der Waals surface area contributed by atoms with Gasteiger partial charge in [0, 0.05) is 5.02 Å². The van der Waals surface area contributed by atoms with Gasteiger partial charge in [-0.15, -0.1) is 0 Å². The van der Waals surface area contributed by atoms with E-state index in [0.717, 1.165) is 0 Å². The maximum absolute atomic E-state index is 11.7. The largest absolute Gasteiger partial charge is 0.450 e. The van der Waals surface area contributed by atoms with E-state index >= 15 is 0 Å². The van der Waals surface area contributed by atoms with Gasteiger partial charge in [-0.05, 0) is 25.1 Å². The smallest absolute Gasteiger partial charge is 0.413 e. The number of amides is 1. The van der Waals surface area contributed by atoms with Crippen LogP contribution in [0.4, 0.5) is 10.7 Å². The number of H-pyrrole nitrogens is 1. The maximum atomic E-state index is 11.7. The molecule has 18 heavy (non-hydrogen) atoms. The number of benzene rings is 1. The van der Waals surface area contributed by atoms with Gasteiger partial charge in [0.15, 0.2) is 0 Å². The van der Waals surface area contributed by atoms with Crippen molar-refractivity contribution in [3.05, 3.63) is 33.6 Å². The van der Waals surface area contributed by atoms with Gasteiger partial charge in [0.2, 0.25) is 5.95 Å². The molecule has 1 amide bonds. The summed E-state index contributed by atoms with van der Waals surface area (Å²) in [6, 6.07) is 4.71. The Bertz CT molecular complexity index is 654. The second-order valence-corrected chi connectivity index (χ2v) is 3.86. The molecular weight excluding hydrogens is 258 g/mol. The molecule has 0 saturated heterocycles. The average Bonchev–Trinajstić information content (AvgIpc) is 2.28. The third-order valence-electron chi connectivity index (χ3n) is 2.16. The summed E-state index contributed by atoms with van der Waals surface area (Å²) < 4.78 is 4.68. The summed E-state index contributed by atoms with van der Waals surface area (Å²) in [7, 11) is 0. The minimum Gasteiger partial charge on any atom is -0.450 e. The molecule has 2 N–H and O–H groups in total. The van der Waals surface area contributed by atoms with Crippen molar-refractivity contribution in [2.75, 3.05) is 11.9 Å². The highest BCUT2D eigenvalue weighted by molar-refractivity contribution is 6.31. The summed E-state index contributed by atoms with van der Waals surface area (Å²) in [6.45, 7) is 1.91. The van der Waals surface area contributed by atoms with Crippen LogP contribution in [0.2, 0.25) is 5.02 Å². The fourth-order valence-corrected chi connectivity index (χ4v) is 1.60. The van der Waals surface area contributed by atoms with Gasteiger partial charge in [-0.25, -0.2) is 9.78 Å². The molecule has 0 spiro atoms. The first-order valence-electron chi connectivity index (χ1n) is 5.23. The van der Waals surface area contributed by atoms with Gasteiger partial charge < -0.3 is 4.74 Å². The highest BCUT2D eigenvalue weighted by Gasteiger charge is 2.07. The molecule has 0 aliphatic carbocycles. The van der Waals surface area contributed by atoms with E-state index in [4.69, 9.17) is 11.6 Å². The van der Waals surface area contributed by atoms with Gasteiger partial charge in [-0.1, -0.05) is 11.6 Å². The fourth-order valence-electron chi connectivity index (χ4n) is 1.44. The third-order valence-corrected chi connectivity index (χ3v) is 2.40. The summed E-state index contributed by atoms with van der Waals surface area (Å²) in [6.07, 6.45) is -0.679. The molecule has 6 nitrogen and oxygen atoms in total. The maximum Gasteiger partial charge on any atom is 0.413 e. The first-order valence-corrected chi connectivity index (χ1v) is 5.61. The van der Waals surface area contributed by atoms with Crippen molar-refractivity contribution in [1.82, 2.24) is 9.97 Å². The monoisotopic (exact) mass is 267 g/mol. The molecule has 1 aromatic carbocycles. The second kappa shape index (κ2) is 5.05. The fraction of sp³-hybridized carbons (Fsp3) is 0.182. The number of halogens is 1. The standard InChI is InChI=1S/C11H10ClN3O3/c1-2-18-11(17)15-10-13-8-5-6(12)3-4-7(8)9(16)14-10/h3-5H,2H2,1H3,(H2,13,14,15,16,17). The Kier molecular flexibility index (Phi) is 3.47.